The molecule has 0 aromatic carbocycles. The summed E-state index contributed by atoms with van der Waals surface area (Å²) in [6.45, 7) is 10.9. The predicted molar refractivity (Wildman–Crippen MR) is 74.2 cm³/mol. The Kier molecular flexibility index (Phi) is 4.87. The van der Waals surface area contributed by atoms with Crippen LogP contribution in [0.5, 0.6) is 0 Å². The Hall–Kier alpha value is -0.0800. The molecule has 2 heteroatoms. The molecule has 2 unspecified atom stereocenters. The van der Waals surface area contributed by atoms with Gasteiger partial charge in [-0.1, -0.05) is 26.7 Å². The highest BCUT2D eigenvalue weighted by Gasteiger charge is 2.27. The van der Waals surface area contributed by atoms with E-state index in [0.29, 0.717) is 6.04 Å². The van der Waals surface area contributed by atoms with Gasteiger partial charge in [-0.25, -0.2) is 0 Å². The van der Waals surface area contributed by atoms with Crippen molar-refractivity contribution in [2.24, 2.45) is 11.8 Å². The van der Waals surface area contributed by atoms with Crippen molar-refractivity contribution >= 4 is 0 Å². The highest BCUT2D eigenvalue weighted by atomic mass is 15.2. The highest BCUT2D eigenvalue weighted by molar-refractivity contribution is 4.84. The molecule has 17 heavy (non-hydrogen) atoms. The van der Waals surface area contributed by atoms with Crippen molar-refractivity contribution in [1.82, 2.24) is 10.2 Å². The van der Waals surface area contributed by atoms with E-state index in [9.17, 15) is 0 Å². The summed E-state index contributed by atoms with van der Waals surface area (Å²) in [7, 11) is 0. The number of hydrogen-bond donors (Lipinski definition) is 1. The first-order valence-electron chi connectivity index (χ1n) is 7.64. The van der Waals surface area contributed by atoms with Gasteiger partial charge in [-0.05, 0) is 44.6 Å². The van der Waals surface area contributed by atoms with Crippen LogP contribution in [0.15, 0.2) is 0 Å². The largest absolute Gasteiger partial charge is 0.312 e. The number of nitrogens with zero attached hydrogens (tertiary/aromatic N) is 1. The van der Waals surface area contributed by atoms with Gasteiger partial charge < -0.3 is 5.32 Å². The van der Waals surface area contributed by atoms with Gasteiger partial charge in [-0.2, -0.15) is 0 Å². The van der Waals surface area contributed by atoms with E-state index >= 15 is 0 Å². The van der Waals surface area contributed by atoms with Crippen LogP contribution in [0, 0.1) is 11.8 Å². The molecule has 2 nitrogen and oxygen atoms in total. The number of hydrogen-bond acceptors (Lipinski definition) is 2. The monoisotopic (exact) mass is 238 g/mol. The molecule has 2 atom stereocenters. The molecule has 1 aliphatic heterocycles. The average molecular weight is 238 g/mol. The van der Waals surface area contributed by atoms with E-state index in [2.05, 4.69) is 31.0 Å². The van der Waals surface area contributed by atoms with E-state index in [-0.39, 0.29) is 0 Å². The summed E-state index contributed by atoms with van der Waals surface area (Å²) in [6.07, 6.45) is 7.21. The van der Waals surface area contributed by atoms with Crippen LogP contribution < -0.4 is 5.32 Å². The molecular formula is C15H30N2. The molecule has 2 aliphatic rings. The SMILES string of the molecule is CC(C)C1CN(CC2CCCC2)C(C)CCN1. The van der Waals surface area contributed by atoms with Gasteiger partial charge in [0.05, 0.1) is 0 Å². The third-order valence-electron chi connectivity index (χ3n) is 4.80. The maximum Gasteiger partial charge on any atom is 0.0218 e. The second-order valence-electron chi connectivity index (χ2n) is 6.55. The lowest BCUT2D eigenvalue weighted by atomic mass is 10.0. The first-order valence-corrected chi connectivity index (χ1v) is 7.64. The molecule has 1 saturated carbocycles. The average Bonchev–Trinajstić information content (AvgIpc) is 2.71. The molecule has 0 radical (unpaired) electrons. The Balaban J connectivity index is 1.91. The van der Waals surface area contributed by atoms with Crippen LogP contribution in [0.2, 0.25) is 0 Å². The van der Waals surface area contributed by atoms with Crippen molar-refractivity contribution in [2.45, 2.75) is 65.0 Å². The Morgan fingerprint density at radius 2 is 1.88 bits per heavy atom. The lowest BCUT2D eigenvalue weighted by molar-refractivity contribution is 0.164. The standard InChI is InChI=1S/C15H30N2/c1-12(2)15-11-17(13(3)8-9-16-15)10-14-6-4-5-7-14/h12-16H,4-11H2,1-3H3. The van der Waals surface area contributed by atoms with Crippen molar-refractivity contribution < 1.29 is 0 Å². The molecule has 1 heterocycles. The molecule has 100 valence electrons. The lowest BCUT2D eigenvalue weighted by Gasteiger charge is -2.32. The van der Waals surface area contributed by atoms with E-state index in [1.54, 1.807) is 0 Å². The van der Waals surface area contributed by atoms with E-state index in [1.165, 1.54) is 51.7 Å². The fourth-order valence-electron chi connectivity index (χ4n) is 3.38. The molecule has 1 aliphatic carbocycles. The van der Waals surface area contributed by atoms with Crippen LogP contribution in [0.4, 0.5) is 0 Å². The summed E-state index contributed by atoms with van der Waals surface area (Å²) in [4.78, 5) is 2.76. The van der Waals surface area contributed by atoms with Crippen LogP contribution >= 0.6 is 0 Å². The third kappa shape index (κ3) is 3.69. The Morgan fingerprint density at radius 3 is 2.53 bits per heavy atom. The van der Waals surface area contributed by atoms with Gasteiger partial charge in [0, 0.05) is 25.2 Å². The van der Waals surface area contributed by atoms with Crippen LogP contribution in [0.1, 0.15) is 52.9 Å². The summed E-state index contributed by atoms with van der Waals surface area (Å²) in [5.74, 6) is 1.75. The molecule has 0 aromatic rings. The van der Waals surface area contributed by atoms with Gasteiger partial charge in [-0.15, -0.1) is 0 Å². The topological polar surface area (TPSA) is 15.3 Å². The fraction of sp³-hybridized carbons (Fsp3) is 1.00. The second-order valence-corrected chi connectivity index (χ2v) is 6.55. The van der Waals surface area contributed by atoms with Crippen molar-refractivity contribution in [3.05, 3.63) is 0 Å². The van der Waals surface area contributed by atoms with Crippen LogP contribution in [0.25, 0.3) is 0 Å². The zero-order chi connectivity index (χ0) is 12.3. The zero-order valence-corrected chi connectivity index (χ0v) is 11.9. The van der Waals surface area contributed by atoms with E-state index < -0.39 is 0 Å². The molecule has 1 saturated heterocycles. The predicted octanol–water partition coefficient (Wildman–Crippen LogP) is 2.89. The minimum Gasteiger partial charge on any atom is -0.312 e. The van der Waals surface area contributed by atoms with Crippen LogP contribution in [-0.4, -0.2) is 36.6 Å². The maximum atomic E-state index is 3.72. The van der Waals surface area contributed by atoms with Gasteiger partial charge in [0.1, 0.15) is 0 Å². The summed E-state index contributed by atoms with van der Waals surface area (Å²) >= 11 is 0. The first kappa shape index (κ1) is 13.4. The molecule has 0 bridgehead atoms. The van der Waals surface area contributed by atoms with Crippen LogP contribution in [0.3, 0.4) is 0 Å². The molecule has 2 rings (SSSR count). The zero-order valence-electron chi connectivity index (χ0n) is 11.9. The minimum absolute atomic E-state index is 0.696. The molecular weight excluding hydrogens is 208 g/mol. The van der Waals surface area contributed by atoms with E-state index in [4.69, 9.17) is 0 Å². The summed E-state index contributed by atoms with van der Waals surface area (Å²) in [5, 5.41) is 3.72. The molecule has 2 fully saturated rings. The van der Waals surface area contributed by atoms with Gasteiger partial charge >= 0.3 is 0 Å². The molecule has 0 spiro atoms. The lowest BCUT2D eigenvalue weighted by Crippen LogP contribution is -2.44. The highest BCUT2D eigenvalue weighted by Crippen LogP contribution is 2.27. The van der Waals surface area contributed by atoms with Gasteiger partial charge in [0.15, 0.2) is 0 Å². The summed E-state index contributed by atoms with van der Waals surface area (Å²) in [6, 6.07) is 1.47. The summed E-state index contributed by atoms with van der Waals surface area (Å²) < 4.78 is 0. The van der Waals surface area contributed by atoms with Crippen molar-refractivity contribution in [3.63, 3.8) is 0 Å². The van der Waals surface area contributed by atoms with Crippen molar-refractivity contribution in [2.75, 3.05) is 19.6 Å². The Labute approximate surface area is 107 Å². The summed E-state index contributed by atoms with van der Waals surface area (Å²) in [5.41, 5.74) is 0. The van der Waals surface area contributed by atoms with Gasteiger partial charge in [0.2, 0.25) is 0 Å². The Bertz CT molecular complexity index is 221. The first-order chi connectivity index (χ1) is 8.16. The van der Waals surface area contributed by atoms with E-state index in [0.717, 1.165) is 17.9 Å². The van der Waals surface area contributed by atoms with E-state index in [1.807, 2.05) is 0 Å². The minimum atomic E-state index is 0.696. The van der Waals surface area contributed by atoms with Gasteiger partial charge in [-0.3, -0.25) is 4.90 Å². The number of nitrogens with one attached hydrogen (secondary N) is 1. The maximum absolute atomic E-state index is 3.72. The van der Waals surface area contributed by atoms with Gasteiger partial charge in [0.25, 0.3) is 0 Å². The smallest absolute Gasteiger partial charge is 0.0218 e. The fourth-order valence-corrected chi connectivity index (χ4v) is 3.38. The van der Waals surface area contributed by atoms with Crippen molar-refractivity contribution in [1.29, 1.82) is 0 Å². The molecule has 0 amide bonds. The van der Waals surface area contributed by atoms with Crippen molar-refractivity contribution in [3.8, 4) is 0 Å². The van der Waals surface area contributed by atoms with Crippen LogP contribution in [-0.2, 0) is 0 Å². The Morgan fingerprint density at radius 1 is 1.18 bits per heavy atom. The third-order valence-corrected chi connectivity index (χ3v) is 4.80. The second kappa shape index (κ2) is 6.19. The molecule has 1 N–H and O–H groups in total. The normalized spacial score (nSPS) is 33.2. The number of rotatable bonds is 3. The molecule has 0 aromatic heterocycles. The quantitative estimate of drug-likeness (QED) is 0.813.